The number of carbonyl (C=O) groups excluding carboxylic acids is 1. The van der Waals surface area contributed by atoms with Gasteiger partial charge in [-0.05, 0) is 30.3 Å². The molecule has 0 fully saturated rings. The molecule has 0 bridgehead atoms. The third-order valence-corrected chi connectivity index (χ3v) is 3.02. The fourth-order valence-electron chi connectivity index (χ4n) is 1.94. The third-order valence-electron chi connectivity index (χ3n) is 3.02. The maximum Gasteiger partial charge on any atom is 0.257 e. The molecule has 0 heterocycles. The topological polar surface area (TPSA) is 64.9 Å². The van der Waals surface area contributed by atoms with E-state index in [0.717, 1.165) is 18.2 Å². The Morgan fingerprint density at radius 3 is 2.43 bits per heavy atom. The maximum absolute atomic E-state index is 13.4. The molecule has 2 aromatic rings. The summed E-state index contributed by atoms with van der Waals surface area (Å²) in [5.41, 5.74) is -0.122. The lowest BCUT2D eigenvalue weighted by Gasteiger charge is -2.10. The summed E-state index contributed by atoms with van der Waals surface area (Å²) in [6, 6.07) is 8.66. The van der Waals surface area contributed by atoms with Crippen LogP contribution >= 0.6 is 0 Å². The van der Waals surface area contributed by atoms with Crippen molar-refractivity contribution in [2.24, 2.45) is 0 Å². The van der Waals surface area contributed by atoms with Crippen LogP contribution in [-0.4, -0.2) is 19.0 Å². The Morgan fingerprint density at radius 1 is 1.09 bits per heavy atom. The average Bonchev–Trinajstić information content (AvgIpc) is 2.52. The van der Waals surface area contributed by atoms with E-state index in [-0.39, 0.29) is 18.7 Å². The number of rotatable bonds is 5. The number of nitrogens with one attached hydrogen (secondary N) is 2. The van der Waals surface area contributed by atoms with Gasteiger partial charge in [0, 0.05) is 13.1 Å². The van der Waals surface area contributed by atoms with Gasteiger partial charge in [-0.25, -0.2) is 13.2 Å². The first kappa shape index (κ1) is 16.4. The highest BCUT2D eigenvalue weighted by atomic mass is 19.1. The normalized spacial score (nSPS) is 10.0. The van der Waals surface area contributed by atoms with Crippen molar-refractivity contribution >= 4 is 11.6 Å². The Balaban J connectivity index is 1.91. The molecule has 23 heavy (non-hydrogen) atoms. The molecule has 0 radical (unpaired) electrons. The summed E-state index contributed by atoms with van der Waals surface area (Å²) in [5.74, 6) is -3.29. The molecule has 2 rings (SSSR count). The van der Waals surface area contributed by atoms with E-state index in [1.165, 1.54) is 18.2 Å². The van der Waals surface area contributed by atoms with Crippen LogP contribution in [0.15, 0.2) is 36.4 Å². The number of nitriles is 1. The zero-order valence-electron chi connectivity index (χ0n) is 11.9. The molecule has 1 amide bonds. The standard InChI is InChI=1S/C16H12F3N3O/c17-11-4-5-14(10(8-11)9-20)21-6-7-22-16(23)15-12(18)2-1-3-13(15)19/h1-5,8,21H,6-7H2,(H,22,23). The molecular formula is C16H12F3N3O. The van der Waals surface area contributed by atoms with Crippen molar-refractivity contribution in [1.82, 2.24) is 5.32 Å². The minimum atomic E-state index is -0.944. The van der Waals surface area contributed by atoms with E-state index in [0.29, 0.717) is 5.69 Å². The summed E-state index contributed by atoms with van der Waals surface area (Å²) in [6.07, 6.45) is 0. The van der Waals surface area contributed by atoms with Crippen molar-refractivity contribution in [3.63, 3.8) is 0 Å². The predicted molar refractivity (Wildman–Crippen MR) is 78.3 cm³/mol. The Bertz CT molecular complexity index is 751. The van der Waals surface area contributed by atoms with E-state index in [9.17, 15) is 18.0 Å². The van der Waals surface area contributed by atoms with Gasteiger partial charge in [-0.3, -0.25) is 4.79 Å². The van der Waals surface area contributed by atoms with Crippen molar-refractivity contribution in [2.75, 3.05) is 18.4 Å². The Hall–Kier alpha value is -3.01. The van der Waals surface area contributed by atoms with Crippen molar-refractivity contribution in [3.8, 4) is 6.07 Å². The van der Waals surface area contributed by atoms with Gasteiger partial charge in [-0.2, -0.15) is 5.26 Å². The van der Waals surface area contributed by atoms with Crippen LogP contribution in [-0.2, 0) is 0 Å². The number of anilines is 1. The quantitative estimate of drug-likeness (QED) is 0.833. The van der Waals surface area contributed by atoms with Crippen LogP contribution in [0.2, 0.25) is 0 Å². The first-order chi connectivity index (χ1) is 11.0. The predicted octanol–water partition coefficient (Wildman–Crippen LogP) is 2.82. The lowest BCUT2D eigenvalue weighted by atomic mass is 10.2. The Labute approximate surface area is 130 Å². The van der Waals surface area contributed by atoms with E-state index in [1.807, 2.05) is 6.07 Å². The molecule has 0 saturated carbocycles. The lowest BCUT2D eigenvalue weighted by Crippen LogP contribution is -2.30. The SMILES string of the molecule is N#Cc1cc(F)ccc1NCCNC(=O)c1c(F)cccc1F. The van der Waals surface area contributed by atoms with Crippen LogP contribution in [0.25, 0.3) is 0 Å². The first-order valence-corrected chi connectivity index (χ1v) is 6.68. The second kappa shape index (κ2) is 7.31. The van der Waals surface area contributed by atoms with Crippen LogP contribution in [0.4, 0.5) is 18.9 Å². The highest BCUT2D eigenvalue weighted by Gasteiger charge is 2.16. The summed E-state index contributed by atoms with van der Waals surface area (Å²) >= 11 is 0. The van der Waals surface area contributed by atoms with E-state index < -0.39 is 28.9 Å². The van der Waals surface area contributed by atoms with E-state index in [4.69, 9.17) is 5.26 Å². The van der Waals surface area contributed by atoms with E-state index in [1.54, 1.807) is 0 Å². The van der Waals surface area contributed by atoms with Gasteiger partial charge in [0.15, 0.2) is 0 Å². The molecule has 0 aliphatic rings. The monoisotopic (exact) mass is 319 g/mol. The largest absolute Gasteiger partial charge is 0.382 e. The lowest BCUT2D eigenvalue weighted by molar-refractivity contribution is 0.0947. The summed E-state index contributed by atoms with van der Waals surface area (Å²) in [7, 11) is 0. The number of halogens is 3. The summed E-state index contributed by atoms with van der Waals surface area (Å²) in [4.78, 5) is 11.7. The van der Waals surface area contributed by atoms with Crippen molar-refractivity contribution in [3.05, 3.63) is 65.0 Å². The molecule has 0 saturated heterocycles. The minimum absolute atomic E-state index is 0.0643. The Kier molecular flexibility index (Phi) is 5.20. The molecule has 0 aromatic heterocycles. The fraction of sp³-hybridized carbons (Fsp3) is 0.125. The Morgan fingerprint density at radius 2 is 1.78 bits per heavy atom. The molecule has 118 valence electrons. The zero-order valence-corrected chi connectivity index (χ0v) is 11.9. The second-order valence-electron chi connectivity index (χ2n) is 4.58. The van der Waals surface area contributed by atoms with Crippen LogP contribution < -0.4 is 10.6 Å². The fourth-order valence-corrected chi connectivity index (χ4v) is 1.94. The van der Waals surface area contributed by atoms with Crippen molar-refractivity contribution < 1.29 is 18.0 Å². The molecule has 0 atom stereocenters. The van der Waals surface area contributed by atoms with Gasteiger partial charge in [0.1, 0.15) is 29.1 Å². The average molecular weight is 319 g/mol. The number of amides is 1. The molecule has 4 nitrogen and oxygen atoms in total. The molecule has 7 heteroatoms. The molecule has 0 aliphatic heterocycles. The van der Waals surface area contributed by atoms with Gasteiger partial charge in [-0.15, -0.1) is 0 Å². The molecule has 2 aromatic carbocycles. The second-order valence-corrected chi connectivity index (χ2v) is 4.58. The number of hydrogen-bond acceptors (Lipinski definition) is 3. The highest BCUT2D eigenvalue weighted by molar-refractivity contribution is 5.94. The van der Waals surface area contributed by atoms with Gasteiger partial charge in [0.2, 0.25) is 0 Å². The number of hydrogen-bond donors (Lipinski definition) is 2. The number of nitrogens with zero attached hydrogens (tertiary/aromatic N) is 1. The summed E-state index contributed by atoms with van der Waals surface area (Å²) in [5, 5.41) is 14.1. The zero-order chi connectivity index (χ0) is 16.8. The minimum Gasteiger partial charge on any atom is -0.382 e. The highest BCUT2D eigenvalue weighted by Crippen LogP contribution is 2.15. The third kappa shape index (κ3) is 4.01. The van der Waals surface area contributed by atoms with Crippen molar-refractivity contribution in [1.29, 1.82) is 5.26 Å². The van der Waals surface area contributed by atoms with Gasteiger partial charge < -0.3 is 10.6 Å². The number of carbonyl (C=O) groups is 1. The van der Waals surface area contributed by atoms with Crippen LogP contribution in [0.1, 0.15) is 15.9 Å². The molecule has 0 unspecified atom stereocenters. The first-order valence-electron chi connectivity index (χ1n) is 6.68. The summed E-state index contributed by atoms with van der Waals surface area (Å²) in [6.45, 7) is 0.261. The molecular weight excluding hydrogens is 307 g/mol. The van der Waals surface area contributed by atoms with Gasteiger partial charge in [0.05, 0.1) is 11.3 Å². The maximum atomic E-state index is 13.4. The van der Waals surface area contributed by atoms with Gasteiger partial charge in [0.25, 0.3) is 5.91 Å². The summed E-state index contributed by atoms with van der Waals surface area (Å²) < 4.78 is 39.8. The van der Waals surface area contributed by atoms with Crippen molar-refractivity contribution in [2.45, 2.75) is 0 Å². The molecule has 0 aliphatic carbocycles. The molecule has 0 spiro atoms. The molecule has 2 N–H and O–H groups in total. The van der Waals surface area contributed by atoms with E-state index in [2.05, 4.69) is 10.6 Å². The van der Waals surface area contributed by atoms with Gasteiger partial charge >= 0.3 is 0 Å². The van der Waals surface area contributed by atoms with E-state index >= 15 is 0 Å². The van der Waals surface area contributed by atoms with Gasteiger partial charge in [-0.1, -0.05) is 6.07 Å². The number of benzene rings is 2. The van der Waals surface area contributed by atoms with Crippen LogP contribution in [0.5, 0.6) is 0 Å². The smallest absolute Gasteiger partial charge is 0.257 e. The van der Waals surface area contributed by atoms with Crippen LogP contribution in [0.3, 0.4) is 0 Å². The van der Waals surface area contributed by atoms with Crippen LogP contribution in [0, 0.1) is 28.8 Å².